The molecular formula is C17H25ClN2O3. The highest BCUT2D eigenvalue weighted by molar-refractivity contribution is 5.88. The van der Waals surface area contributed by atoms with Crippen molar-refractivity contribution >= 4 is 23.4 Å². The van der Waals surface area contributed by atoms with Crippen LogP contribution in [0.1, 0.15) is 26.7 Å². The average molecular weight is 341 g/mol. The van der Waals surface area contributed by atoms with Gasteiger partial charge in [0.1, 0.15) is 11.1 Å². The Balaban J connectivity index is 0.00000192. The smallest absolute Gasteiger partial charge is 0.265 e. The highest BCUT2D eigenvalue weighted by Gasteiger charge is 2.18. The molecule has 0 unspecified atom stereocenters. The molecular weight excluding hydrogens is 316 g/mol. The molecule has 0 spiro atoms. The highest BCUT2D eigenvalue weighted by Crippen LogP contribution is 2.34. The molecule has 0 radical (unpaired) electrons. The van der Waals surface area contributed by atoms with Crippen molar-refractivity contribution in [3.63, 3.8) is 0 Å². The first-order valence-electron chi connectivity index (χ1n) is 8.08. The van der Waals surface area contributed by atoms with Crippen LogP contribution in [0.5, 0.6) is 11.6 Å². The van der Waals surface area contributed by atoms with Gasteiger partial charge < -0.3 is 19.3 Å². The molecule has 23 heavy (non-hydrogen) atoms. The van der Waals surface area contributed by atoms with Crippen molar-refractivity contribution in [3.8, 4) is 11.6 Å². The Labute approximate surface area is 143 Å². The lowest BCUT2D eigenvalue weighted by Crippen LogP contribution is -2.30. The molecule has 0 bridgehead atoms. The van der Waals surface area contributed by atoms with Gasteiger partial charge in [0.2, 0.25) is 0 Å². The van der Waals surface area contributed by atoms with E-state index >= 15 is 0 Å². The van der Waals surface area contributed by atoms with Gasteiger partial charge in [-0.05, 0) is 55.1 Å². The number of piperidine rings is 1. The summed E-state index contributed by atoms with van der Waals surface area (Å²) in [6.07, 6.45) is 2.29. The van der Waals surface area contributed by atoms with E-state index < -0.39 is 0 Å². The van der Waals surface area contributed by atoms with Crippen LogP contribution in [0.4, 0.5) is 0 Å². The summed E-state index contributed by atoms with van der Waals surface area (Å²) < 4.78 is 17.2. The van der Waals surface area contributed by atoms with E-state index in [4.69, 9.17) is 14.0 Å². The maximum atomic E-state index is 5.93. The molecule has 2 heterocycles. The molecule has 5 nitrogen and oxygen atoms in total. The molecule has 1 aromatic heterocycles. The van der Waals surface area contributed by atoms with Gasteiger partial charge in [-0.2, -0.15) is 0 Å². The van der Waals surface area contributed by atoms with E-state index in [1.54, 1.807) is 0 Å². The molecule has 128 valence electrons. The number of hydrogen-bond donors (Lipinski definition) is 1. The largest absolute Gasteiger partial charge is 0.492 e. The van der Waals surface area contributed by atoms with Gasteiger partial charge in [-0.3, -0.25) is 0 Å². The quantitative estimate of drug-likeness (QED) is 0.869. The van der Waals surface area contributed by atoms with Crippen molar-refractivity contribution in [2.24, 2.45) is 11.8 Å². The second-order valence-electron chi connectivity index (χ2n) is 6.33. The number of hydrogen-bond acceptors (Lipinski definition) is 5. The Morgan fingerprint density at radius 2 is 2.04 bits per heavy atom. The lowest BCUT2D eigenvalue weighted by Gasteiger charge is -2.22. The van der Waals surface area contributed by atoms with Crippen LogP contribution in [-0.4, -0.2) is 31.5 Å². The molecule has 1 fully saturated rings. The van der Waals surface area contributed by atoms with Gasteiger partial charge in [0.15, 0.2) is 5.58 Å². The summed E-state index contributed by atoms with van der Waals surface area (Å²) in [4.78, 5) is 0. The predicted octanol–water partition coefficient (Wildman–Crippen LogP) is 3.66. The molecule has 1 aliphatic rings. The lowest BCUT2D eigenvalue weighted by molar-refractivity contribution is 0.202. The number of nitrogens with zero attached hydrogens (tertiary/aromatic N) is 1. The number of benzene rings is 1. The molecule has 0 saturated carbocycles. The minimum atomic E-state index is 0. The molecule has 6 heteroatoms. The van der Waals surface area contributed by atoms with Crippen molar-refractivity contribution in [1.29, 1.82) is 0 Å². The Bertz CT molecular complexity index is 609. The zero-order valence-electron chi connectivity index (χ0n) is 13.7. The molecule has 1 N–H and O–H groups in total. The van der Waals surface area contributed by atoms with Gasteiger partial charge in [0, 0.05) is 0 Å². The van der Waals surface area contributed by atoms with Crippen LogP contribution >= 0.6 is 12.4 Å². The van der Waals surface area contributed by atoms with E-state index in [0.29, 0.717) is 36.5 Å². The number of fused-ring (bicyclic) bond motifs is 1. The monoisotopic (exact) mass is 340 g/mol. The second kappa shape index (κ2) is 8.41. The van der Waals surface area contributed by atoms with E-state index in [2.05, 4.69) is 24.3 Å². The minimum Gasteiger partial charge on any atom is -0.492 e. The minimum absolute atomic E-state index is 0. The topological polar surface area (TPSA) is 56.5 Å². The predicted molar refractivity (Wildman–Crippen MR) is 92.7 cm³/mol. The van der Waals surface area contributed by atoms with Crippen molar-refractivity contribution in [1.82, 2.24) is 10.5 Å². The maximum absolute atomic E-state index is 5.93. The SMILES string of the molecule is CC(C)COc1cccc2onc(OCC3CCNCC3)c12.Cl. The molecule has 0 atom stereocenters. The molecule has 1 aromatic carbocycles. The van der Waals surface area contributed by atoms with E-state index in [1.807, 2.05) is 18.2 Å². The normalized spacial score (nSPS) is 15.6. The third kappa shape index (κ3) is 4.52. The Hall–Kier alpha value is -1.46. The first kappa shape index (κ1) is 17.9. The van der Waals surface area contributed by atoms with E-state index in [-0.39, 0.29) is 12.4 Å². The van der Waals surface area contributed by atoms with Crippen LogP contribution in [0.15, 0.2) is 22.7 Å². The first-order valence-corrected chi connectivity index (χ1v) is 8.08. The zero-order valence-corrected chi connectivity index (χ0v) is 14.5. The van der Waals surface area contributed by atoms with Gasteiger partial charge in [-0.25, -0.2) is 0 Å². The Kier molecular flexibility index (Phi) is 6.54. The van der Waals surface area contributed by atoms with Crippen LogP contribution in [0.25, 0.3) is 11.0 Å². The highest BCUT2D eigenvalue weighted by atomic mass is 35.5. The first-order chi connectivity index (χ1) is 10.7. The summed E-state index contributed by atoms with van der Waals surface area (Å²) in [6, 6.07) is 5.75. The number of aromatic nitrogens is 1. The number of rotatable bonds is 6. The summed E-state index contributed by atoms with van der Waals surface area (Å²) in [6.45, 7) is 7.73. The van der Waals surface area contributed by atoms with E-state index in [0.717, 1.165) is 37.1 Å². The molecule has 1 saturated heterocycles. The van der Waals surface area contributed by atoms with Crippen molar-refractivity contribution in [3.05, 3.63) is 18.2 Å². The molecule has 2 aromatic rings. The van der Waals surface area contributed by atoms with Crippen LogP contribution < -0.4 is 14.8 Å². The van der Waals surface area contributed by atoms with Gasteiger partial charge in [0.05, 0.1) is 13.2 Å². The maximum Gasteiger partial charge on any atom is 0.265 e. The van der Waals surface area contributed by atoms with Crippen LogP contribution in [0.2, 0.25) is 0 Å². The van der Waals surface area contributed by atoms with Crippen molar-refractivity contribution in [2.75, 3.05) is 26.3 Å². The second-order valence-corrected chi connectivity index (χ2v) is 6.33. The van der Waals surface area contributed by atoms with Crippen LogP contribution in [-0.2, 0) is 0 Å². The molecule has 1 aliphatic heterocycles. The fraction of sp³-hybridized carbons (Fsp3) is 0.588. The molecule has 0 aliphatic carbocycles. The van der Waals surface area contributed by atoms with Gasteiger partial charge in [-0.15, -0.1) is 12.4 Å². The standard InChI is InChI=1S/C17H24N2O3.ClH/c1-12(2)10-20-14-4-3-5-15-16(14)17(19-22-15)21-11-13-6-8-18-9-7-13;/h3-5,12-13,18H,6-11H2,1-2H3;1H. The number of halogens is 1. The van der Waals surface area contributed by atoms with E-state index in [9.17, 15) is 0 Å². The van der Waals surface area contributed by atoms with Crippen molar-refractivity contribution < 1.29 is 14.0 Å². The summed E-state index contributed by atoms with van der Waals surface area (Å²) in [5.41, 5.74) is 0.710. The van der Waals surface area contributed by atoms with Gasteiger partial charge in [-0.1, -0.05) is 19.9 Å². The fourth-order valence-electron chi connectivity index (χ4n) is 2.65. The number of nitrogens with one attached hydrogen (secondary N) is 1. The third-order valence-electron chi connectivity index (χ3n) is 3.92. The summed E-state index contributed by atoms with van der Waals surface area (Å²) in [7, 11) is 0. The third-order valence-corrected chi connectivity index (χ3v) is 3.92. The molecule has 0 amide bonds. The van der Waals surface area contributed by atoms with Crippen molar-refractivity contribution in [2.45, 2.75) is 26.7 Å². The summed E-state index contributed by atoms with van der Waals surface area (Å²) >= 11 is 0. The Morgan fingerprint density at radius 1 is 1.26 bits per heavy atom. The Morgan fingerprint density at radius 3 is 2.78 bits per heavy atom. The van der Waals surface area contributed by atoms with Gasteiger partial charge >= 0.3 is 0 Å². The lowest BCUT2D eigenvalue weighted by atomic mass is 9.99. The van der Waals surface area contributed by atoms with Gasteiger partial charge in [0.25, 0.3) is 5.88 Å². The molecule has 3 rings (SSSR count). The zero-order chi connectivity index (χ0) is 15.4. The summed E-state index contributed by atoms with van der Waals surface area (Å²) in [5.74, 6) is 2.38. The number of ether oxygens (including phenoxy) is 2. The van der Waals surface area contributed by atoms with Crippen LogP contribution in [0.3, 0.4) is 0 Å². The average Bonchev–Trinajstić information content (AvgIpc) is 2.95. The summed E-state index contributed by atoms with van der Waals surface area (Å²) in [5, 5.41) is 8.28. The fourth-order valence-corrected chi connectivity index (χ4v) is 2.65. The van der Waals surface area contributed by atoms with E-state index in [1.165, 1.54) is 0 Å². The van der Waals surface area contributed by atoms with Crippen LogP contribution in [0, 0.1) is 11.8 Å².